The number of esters is 1. The lowest BCUT2D eigenvalue weighted by Gasteiger charge is -2.11. The molecule has 0 spiro atoms. The zero-order valence-corrected chi connectivity index (χ0v) is 14.6. The summed E-state index contributed by atoms with van der Waals surface area (Å²) in [5, 5.41) is 0. The fraction of sp³-hybridized carbons (Fsp3) is 0.200. The summed E-state index contributed by atoms with van der Waals surface area (Å²) in [7, 11) is 3.48. The average molecular weight is 339 g/mol. The first-order chi connectivity index (χ1) is 12.0. The van der Waals surface area contributed by atoms with Crippen LogP contribution in [0.2, 0.25) is 0 Å². The van der Waals surface area contributed by atoms with E-state index in [2.05, 4.69) is 0 Å². The molecule has 0 atom stereocenters. The molecule has 0 radical (unpaired) electrons. The molecule has 2 rings (SSSR count). The Labute approximate surface area is 147 Å². The highest BCUT2D eigenvalue weighted by atomic mass is 16.5. The molecule has 2 aromatic carbocycles. The Morgan fingerprint density at radius 3 is 2.12 bits per heavy atom. The van der Waals surface area contributed by atoms with Gasteiger partial charge in [0, 0.05) is 25.9 Å². The fourth-order valence-electron chi connectivity index (χ4n) is 2.13. The molecule has 5 nitrogen and oxygen atoms in total. The van der Waals surface area contributed by atoms with E-state index in [9.17, 15) is 9.59 Å². The lowest BCUT2D eigenvalue weighted by molar-refractivity contribution is -0.138. The highest BCUT2D eigenvalue weighted by Crippen LogP contribution is 2.22. The smallest absolute Gasteiger partial charge is 0.343 e. The molecule has 0 aliphatic heterocycles. The lowest BCUT2D eigenvalue weighted by Crippen LogP contribution is -2.19. The monoisotopic (exact) mass is 339 g/mol. The van der Waals surface area contributed by atoms with Crippen LogP contribution < -0.4 is 4.74 Å². The van der Waals surface area contributed by atoms with E-state index in [1.54, 1.807) is 50.2 Å². The summed E-state index contributed by atoms with van der Waals surface area (Å²) in [6.45, 7) is 1.91. The Morgan fingerprint density at radius 1 is 0.960 bits per heavy atom. The van der Waals surface area contributed by atoms with Crippen molar-refractivity contribution in [1.82, 2.24) is 4.90 Å². The van der Waals surface area contributed by atoms with Crippen LogP contribution in [0.3, 0.4) is 0 Å². The molecule has 0 amide bonds. The molecule has 0 N–H and O–H groups in total. The normalized spacial score (nSPS) is 10.9. The minimum atomic E-state index is -0.634. The van der Waals surface area contributed by atoms with Gasteiger partial charge in [-0.1, -0.05) is 18.2 Å². The van der Waals surface area contributed by atoms with Crippen molar-refractivity contribution in [3.05, 3.63) is 71.9 Å². The minimum Gasteiger partial charge on any atom is -0.462 e. The van der Waals surface area contributed by atoms with Gasteiger partial charge in [-0.25, -0.2) is 4.79 Å². The van der Waals surface area contributed by atoms with Crippen molar-refractivity contribution in [3.8, 4) is 11.5 Å². The summed E-state index contributed by atoms with van der Waals surface area (Å²) < 4.78 is 10.7. The topological polar surface area (TPSA) is 55.8 Å². The average Bonchev–Trinajstić information content (AvgIpc) is 2.61. The van der Waals surface area contributed by atoms with Gasteiger partial charge in [0.15, 0.2) is 0 Å². The predicted octanol–water partition coefficient (Wildman–Crippen LogP) is 3.67. The third kappa shape index (κ3) is 5.21. The number of carbonyl (C=O) groups is 2. The molecule has 0 saturated carbocycles. The van der Waals surface area contributed by atoms with E-state index in [4.69, 9.17) is 9.47 Å². The van der Waals surface area contributed by atoms with Crippen LogP contribution in [0.25, 0.3) is 0 Å². The molecule has 5 heteroatoms. The summed E-state index contributed by atoms with van der Waals surface area (Å²) >= 11 is 0. The first-order valence-corrected chi connectivity index (χ1v) is 7.94. The Morgan fingerprint density at radius 2 is 1.56 bits per heavy atom. The van der Waals surface area contributed by atoms with Crippen molar-refractivity contribution >= 4 is 11.8 Å². The number of nitrogens with zero attached hydrogens (tertiary/aromatic N) is 1. The number of Topliss-reactive ketones (excluding diaryl/α,β-unsaturated/α-hetero) is 1. The number of hydrogen-bond donors (Lipinski definition) is 0. The molecule has 25 heavy (non-hydrogen) atoms. The summed E-state index contributed by atoms with van der Waals surface area (Å²) in [6, 6.07) is 16.0. The van der Waals surface area contributed by atoms with Crippen LogP contribution in [0.1, 0.15) is 17.3 Å². The van der Waals surface area contributed by atoms with Gasteiger partial charge >= 0.3 is 5.97 Å². The van der Waals surface area contributed by atoms with Gasteiger partial charge in [-0.3, -0.25) is 4.79 Å². The molecule has 0 saturated heterocycles. The van der Waals surface area contributed by atoms with E-state index >= 15 is 0 Å². The Hall–Kier alpha value is -3.08. The van der Waals surface area contributed by atoms with E-state index in [0.717, 1.165) is 0 Å². The van der Waals surface area contributed by atoms with Crippen molar-refractivity contribution in [3.63, 3.8) is 0 Å². The van der Waals surface area contributed by atoms with Gasteiger partial charge in [-0.15, -0.1) is 0 Å². The summed E-state index contributed by atoms with van der Waals surface area (Å²) in [5.41, 5.74) is 0.380. The van der Waals surface area contributed by atoms with Crippen molar-refractivity contribution in [1.29, 1.82) is 0 Å². The van der Waals surface area contributed by atoms with Gasteiger partial charge < -0.3 is 14.4 Å². The highest BCUT2D eigenvalue weighted by Gasteiger charge is 2.21. The van der Waals surface area contributed by atoms with Gasteiger partial charge in [-0.2, -0.15) is 0 Å². The van der Waals surface area contributed by atoms with Gasteiger partial charge in [-0.05, 0) is 43.3 Å². The molecule has 0 heterocycles. The first kappa shape index (κ1) is 18.3. The minimum absolute atomic E-state index is 0.0106. The standard InChI is InChI=1S/C20H21NO4/c1-4-24-20(23)18(14-21(2)3)19(22)15-10-12-17(13-11-15)25-16-8-6-5-7-9-16/h5-14H,4H2,1-3H3/b18-14+. The van der Waals surface area contributed by atoms with E-state index < -0.39 is 11.8 Å². The van der Waals surface area contributed by atoms with Crippen LogP contribution in [-0.4, -0.2) is 37.4 Å². The quantitative estimate of drug-likeness (QED) is 0.253. The number of ketones is 1. The van der Waals surface area contributed by atoms with Crippen LogP contribution in [-0.2, 0) is 9.53 Å². The molecule has 130 valence electrons. The van der Waals surface area contributed by atoms with Crippen LogP contribution in [0, 0.1) is 0 Å². The molecule has 0 aromatic heterocycles. The highest BCUT2D eigenvalue weighted by molar-refractivity contribution is 6.24. The summed E-state index contributed by atoms with van der Waals surface area (Å²) in [5.74, 6) is 0.294. The van der Waals surface area contributed by atoms with Crippen LogP contribution >= 0.6 is 0 Å². The molecule has 0 aliphatic rings. The Bertz CT molecular complexity index is 749. The predicted molar refractivity (Wildman–Crippen MR) is 95.7 cm³/mol. The summed E-state index contributed by atoms with van der Waals surface area (Å²) in [6.07, 6.45) is 1.47. The molecular weight excluding hydrogens is 318 g/mol. The van der Waals surface area contributed by atoms with Crippen molar-refractivity contribution in [2.75, 3.05) is 20.7 Å². The zero-order chi connectivity index (χ0) is 18.2. The third-order valence-corrected chi connectivity index (χ3v) is 3.22. The molecule has 0 fully saturated rings. The number of benzene rings is 2. The molecule has 0 bridgehead atoms. The second kappa shape index (κ2) is 8.68. The number of para-hydroxylation sites is 1. The van der Waals surface area contributed by atoms with Crippen molar-refractivity contribution in [2.45, 2.75) is 6.92 Å². The van der Waals surface area contributed by atoms with Gasteiger partial charge in [0.2, 0.25) is 5.78 Å². The maximum atomic E-state index is 12.6. The van der Waals surface area contributed by atoms with Crippen molar-refractivity contribution < 1.29 is 19.1 Å². The molecule has 0 unspecified atom stereocenters. The fourth-order valence-corrected chi connectivity index (χ4v) is 2.13. The van der Waals surface area contributed by atoms with E-state index in [1.165, 1.54) is 6.20 Å². The van der Waals surface area contributed by atoms with E-state index in [-0.39, 0.29) is 12.2 Å². The maximum absolute atomic E-state index is 12.6. The Kier molecular flexibility index (Phi) is 6.34. The van der Waals surface area contributed by atoms with E-state index in [1.807, 2.05) is 30.3 Å². The molecule has 2 aromatic rings. The number of carbonyl (C=O) groups excluding carboxylic acids is 2. The molecule has 0 aliphatic carbocycles. The summed E-state index contributed by atoms with van der Waals surface area (Å²) in [4.78, 5) is 26.3. The Balaban J connectivity index is 2.19. The number of hydrogen-bond acceptors (Lipinski definition) is 5. The third-order valence-electron chi connectivity index (χ3n) is 3.22. The number of rotatable bonds is 7. The van der Waals surface area contributed by atoms with E-state index in [0.29, 0.717) is 17.1 Å². The first-order valence-electron chi connectivity index (χ1n) is 7.94. The zero-order valence-electron chi connectivity index (χ0n) is 14.6. The van der Waals surface area contributed by atoms with Crippen LogP contribution in [0.4, 0.5) is 0 Å². The molecular formula is C20H21NO4. The maximum Gasteiger partial charge on any atom is 0.343 e. The van der Waals surface area contributed by atoms with Gasteiger partial charge in [0.05, 0.1) is 6.61 Å². The van der Waals surface area contributed by atoms with Crippen LogP contribution in [0.5, 0.6) is 11.5 Å². The SMILES string of the molecule is CCOC(=O)/C(=C/N(C)C)C(=O)c1ccc(Oc2ccccc2)cc1. The number of ether oxygens (including phenoxy) is 2. The van der Waals surface area contributed by atoms with Gasteiger partial charge in [0.25, 0.3) is 0 Å². The second-order valence-electron chi connectivity index (χ2n) is 5.50. The van der Waals surface area contributed by atoms with Crippen LogP contribution in [0.15, 0.2) is 66.4 Å². The largest absolute Gasteiger partial charge is 0.462 e. The van der Waals surface area contributed by atoms with Crippen molar-refractivity contribution in [2.24, 2.45) is 0 Å². The lowest BCUT2D eigenvalue weighted by atomic mass is 10.0. The second-order valence-corrected chi connectivity index (χ2v) is 5.50. The van der Waals surface area contributed by atoms with Gasteiger partial charge in [0.1, 0.15) is 17.1 Å².